The SMILES string of the molecule is CC1(C)CCC2(CC1)NC(=O)Nc1ccc3nc(C(=O)O)oc3c12. The first-order chi connectivity index (χ1) is 11.3. The van der Waals surface area contributed by atoms with Crippen molar-refractivity contribution in [3.05, 3.63) is 23.6 Å². The summed E-state index contributed by atoms with van der Waals surface area (Å²) < 4.78 is 5.54. The minimum atomic E-state index is -1.20. The third-order valence-corrected chi connectivity index (χ3v) is 5.28. The summed E-state index contributed by atoms with van der Waals surface area (Å²) in [5.74, 6) is -1.53. The molecule has 0 saturated heterocycles. The van der Waals surface area contributed by atoms with Crippen LogP contribution < -0.4 is 10.6 Å². The average Bonchev–Trinajstić information content (AvgIpc) is 2.94. The first-order valence-corrected chi connectivity index (χ1v) is 8.06. The van der Waals surface area contributed by atoms with Crippen molar-refractivity contribution >= 4 is 28.8 Å². The average molecular weight is 329 g/mol. The van der Waals surface area contributed by atoms with Gasteiger partial charge in [-0.25, -0.2) is 14.6 Å². The smallest absolute Gasteiger partial charge is 0.392 e. The van der Waals surface area contributed by atoms with Crippen LogP contribution >= 0.6 is 0 Å². The van der Waals surface area contributed by atoms with E-state index in [4.69, 9.17) is 9.52 Å². The number of amides is 2. The molecule has 1 aliphatic heterocycles. The van der Waals surface area contributed by atoms with E-state index < -0.39 is 11.5 Å². The number of fused-ring (bicyclic) bond motifs is 4. The topological polar surface area (TPSA) is 104 Å². The minimum absolute atomic E-state index is 0.225. The highest BCUT2D eigenvalue weighted by Gasteiger charge is 2.46. The summed E-state index contributed by atoms with van der Waals surface area (Å²) in [4.78, 5) is 27.4. The number of rotatable bonds is 1. The zero-order chi connectivity index (χ0) is 17.1. The quantitative estimate of drug-likeness (QED) is 0.743. The van der Waals surface area contributed by atoms with Gasteiger partial charge in [0.2, 0.25) is 0 Å². The summed E-state index contributed by atoms with van der Waals surface area (Å²) in [6.45, 7) is 4.45. The molecule has 2 amide bonds. The lowest BCUT2D eigenvalue weighted by molar-refractivity contribution is 0.0655. The Hall–Kier alpha value is -2.57. The second kappa shape index (κ2) is 4.72. The number of hydrogen-bond acceptors (Lipinski definition) is 4. The number of carboxylic acids is 1. The molecule has 1 saturated carbocycles. The molecule has 0 unspecified atom stereocenters. The lowest BCUT2D eigenvalue weighted by atomic mass is 9.66. The van der Waals surface area contributed by atoms with Crippen molar-refractivity contribution in [2.45, 2.75) is 45.1 Å². The van der Waals surface area contributed by atoms with Crippen molar-refractivity contribution in [1.82, 2.24) is 10.3 Å². The Morgan fingerprint density at radius 1 is 1.25 bits per heavy atom. The first kappa shape index (κ1) is 15.0. The third kappa shape index (κ3) is 2.15. The predicted molar refractivity (Wildman–Crippen MR) is 87.0 cm³/mol. The van der Waals surface area contributed by atoms with Gasteiger partial charge in [0, 0.05) is 5.56 Å². The fourth-order valence-corrected chi connectivity index (χ4v) is 3.82. The first-order valence-electron chi connectivity index (χ1n) is 8.06. The summed E-state index contributed by atoms with van der Waals surface area (Å²) in [6.07, 6.45) is 3.48. The van der Waals surface area contributed by atoms with Crippen molar-refractivity contribution < 1.29 is 19.1 Å². The lowest BCUT2D eigenvalue weighted by Crippen LogP contribution is -2.54. The van der Waals surface area contributed by atoms with Gasteiger partial charge in [-0.1, -0.05) is 13.8 Å². The van der Waals surface area contributed by atoms with E-state index in [9.17, 15) is 9.59 Å². The Morgan fingerprint density at radius 3 is 2.62 bits per heavy atom. The van der Waals surface area contributed by atoms with Gasteiger partial charge < -0.3 is 20.2 Å². The van der Waals surface area contributed by atoms with Gasteiger partial charge in [-0.15, -0.1) is 0 Å². The molecule has 0 radical (unpaired) electrons. The van der Waals surface area contributed by atoms with Crippen LogP contribution in [0.15, 0.2) is 16.5 Å². The molecule has 2 heterocycles. The van der Waals surface area contributed by atoms with E-state index in [1.807, 2.05) is 0 Å². The van der Waals surface area contributed by atoms with E-state index in [-0.39, 0.29) is 17.3 Å². The third-order valence-electron chi connectivity index (χ3n) is 5.28. The number of carboxylic acid groups (broad SMARTS) is 1. The standard InChI is InChI=1S/C17H19N3O4/c1-16(2)5-7-17(8-6-16)11-9(19-15(23)20-17)3-4-10-12(11)24-13(18-10)14(21)22/h3-4H,5-8H2,1-2H3,(H,21,22)(H2,19,20,23). The number of carbonyl (C=O) groups excluding carboxylic acids is 1. The van der Waals surface area contributed by atoms with Crippen LogP contribution in [-0.2, 0) is 5.54 Å². The summed E-state index contributed by atoms with van der Waals surface area (Å²) in [7, 11) is 0. The maximum Gasteiger partial charge on any atom is 0.392 e. The number of aromatic carboxylic acids is 1. The molecule has 0 bridgehead atoms. The molecule has 0 atom stereocenters. The van der Waals surface area contributed by atoms with E-state index in [1.165, 1.54) is 0 Å². The lowest BCUT2D eigenvalue weighted by Gasteiger charge is -2.46. The van der Waals surface area contributed by atoms with Gasteiger partial charge in [-0.3, -0.25) is 0 Å². The molecular weight excluding hydrogens is 310 g/mol. The number of anilines is 1. The molecule has 7 nitrogen and oxygen atoms in total. The Bertz CT molecular complexity index is 858. The summed E-state index contributed by atoms with van der Waals surface area (Å²) in [6, 6.07) is 3.21. The number of nitrogens with one attached hydrogen (secondary N) is 2. The molecule has 1 aromatic carbocycles. The molecule has 24 heavy (non-hydrogen) atoms. The number of aromatic nitrogens is 1. The van der Waals surface area contributed by atoms with Crippen molar-refractivity contribution in [1.29, 1.82) is 0 Å². The normalized spacial score (nSPS) is 21.2. The van der Waals surface area contributed by atoms with E-state index in [2.05, 4.69) is 29.5 Å². The van der Waals surface area contributed by atoms with Crippen molar-refractivity contribution in [3.8, 4) is 0 Å². The van der Waals surface area contributed by atoms with Gasteiger partial charge in [0.15, 0.2) is 5.58 Å². The van der Waals surface area contributed by atoms with Gasteiger partial charge in [0.1, 0.15) is 5.52 Å². The fraction of sp³-hybridized carbons (Fsp3) is 0.471. The van der Waals surface area contributed by atoms with Crippen LogP contribution in [0, 0.1) is 5.41 Å². The highest BCUT2D eigenvalue weighted by molar-refractivity contribution is 5.99. The zero-order valence-electron chi connectivity index (χ0n) is 13.6. The van der Waals surface area contributed by atoms with E-state index in [0.717, 1.165) is 31.2 Å². The number of nitrogens with zero attached hydrogens (tertiary/aromatic N) is 1. The summed E-state index contributed by atoms with van der Waals surface area (Å²) >= 11 is 0. The summed E-state index contributed by atoms with van der Waals surface area (Å²) in [5, 5.41) is 15.0. The molecule has 1 aliphatic carbocycles. The van der Waals surface area contributed by atoms with E-state index in [1.54, 1.807) is 12.1 Å². The Balaban J connectivity index is 1.92. The molecule has 4 rings (SSSR count). The van der Waals surface area contributed by atoms with Crippen LogP contribution in [0.3, 0.4) is 0 Å². The molecule has 2 aromatic rings. The van der Waals surface area contributed by atoms with Crippen LogP contribution in [0.2, 0.25) is 0 Å². The van der Waals surface area contributed by atoms with Gasteiger partial charge in [-0.2, -0.15) is 0 Å². The maximum atomic E-state index is 12.1. The predicted octanol–water partition coefficient (Wildman–Crippen LogP) is 3.46. The number of hydrogen-bond donors (Lipinski definition) is 3. The number of carbonyl (C=O) groups is 2. The zero-order valence-corrected chi connectivity index (χ0v) is 13.6. The molecule has 1 spiro atoms. The molecule has 3 N–H and O–H groups in total. The van der Waals surface area contributed by atoms with Crippen molar-refractivity contribution in [3.63, 3.8) is 0 Å². The van der Waals surface area contributed by atoms with Crippen LogP contribution in [0.1, 0.15) is 55.8 Å². The molecule has 7 heteroatoms. The second-order valence-corrected chi connectivity index (χ2v) is 7.49. The van der Waals surface area contributed by atoms with Crippen LogP contribution in [0.25, 0.3) is 11.1 Å². The van der Waals surface area contributed by atoms with Gasteiger partial charge >= 0.3 is 17.9 Å². The van der Waals surface area contributed by atoms with Gasteiger partial charge in [0.25, 0.3) is 0 Å². The highest BCUT2D eigenvalue weighted by atomic mass is 16.4. The number of benzene rings is 1. The van der Waals surface area contributed by atoms with Gasteiger partial charge in [0.05, 0.1) is 11.2 Å². The van der Waals surface area contributed by atoms with Crippen molar-refractivity contribution in [2.24, 2.45) is 5.41 Å². The molecule has 2 aliphatic rings. The van der Waals surface area contributed by atoms with Crippen LogP contribution in [0.4, 0.5) is 10.5 Å². The Labute approximate surface area is 138 Å². The second-order valence-electron chi connectivity index (χ2n) is 7.49. The van der Waals surface area contributed by atoms with Crippen LogP contribution in [-0.4, -0.2) is 22.1 Å². The Kier molecular flexibility index (Phi) is 2.95. The molecular formula is C17H19N3O4. The number of urea groups is 1. The van der Waals surface area contributed by atoms with Crippen molar-refractivity contribution in [2.75, 3.05) is 5.32 Å². The highest BCUT2D eigenvalue weighted by Crippen LogP contribution is 2.50. The summed E-state index contributed by atoms with van der Waals surface area (Å²) in [5.41, 5.74) is 2.10. The molecule has 126 valence electrons. The largest absolute Gasteiger partial charge is 0.474 e. The Morgan fingerprint density at radius 2 is 1.96 bits per heavy atom. The van der Waals surface area contributed by atoms with E-state index in [0.29, 0.717) is 16.8 Å². The monoisotopic (exact) mass is 329 g/mol. The number of oxazole rings is 1. The van der Waals surface area contributed by atoms with E-state index >= 15 is 0 Å². The molecule has 1 aromatic heterocycles. The molecule has 1 fully saturated rings. The fourth-order valence-electron chi connectivity index (χ4n) is 3.82. The maximum absolute atomic E-state index is 12.1. The van der Waals surface area contributed by atoms with Gasteiger partial charge in [-0.05, 0) is 43.2 Å². The van der Waals surface area contributed by atoms with Crippen LogP contribution in [0.5, 0.6) is 0 Å². The minimum Gasteiger partial charge on any atom is -0.474 e.